The molecule has 1 N–H and O–H groups in total. The largest absolute Gasteiger partial charge is 0.445 e. The van der Waals surface area contributed by atoms with Gasteiger partial charge in [0.2, 0.25) is 0 Å². The molecule has 0 bridgehead atoms. The molecule has 0 atom stereocenters. The van der Waals surface area contributed by atoms with Crippen molar-refractivity contribution in [2.24, 2.45) is 0 Å². The molecule has 0 saturated carbocycles. The standard InChI is InChI=1S/C8H9ClO2/c1-6(5-10)4-7-2-3-8(9)11-7/h2-4,10H,5H2,1H3. The molecule has 0 radical (unpaired) electrons. The molecule has 1 heterocycles. The predicted molar refractivity (Wildman–Crippen MR) is 44.5 cm³/mol. The van der Waals surface area contributed by atoms with Crippen LogP contribution in [0.1, 0.15) is 12.7 Å². The molecule has 1 aromatic rings. The van der Waals surface area contributed by atoms with E-state index in [9.17, 15) is 0 Å². The van der Waals surface area contributed by atoms with Crippen LogP contribution in [-0.2, 0) is 0 Å². The SMILES string of the molecule is CC(=Cc1ccc(Cl)o1)CO. The van der Waals surface area contributed by atoms with Crippen LogP contribution in [0, 0.1) is 0 Å². The number of hydrogen-bond acceptors (Lipinski definition) is 2. The van der Waals surface area contributed by atoms with E-state index in [1.54, 1.807) is 18.2 Å². The lowest BCUT2D eigenvalue weighted by Gasteiger charge is -1.90. The zero-order valence-corrected chi connectivity index (χ0v) is 6.93. The molecular weight excluding hydrogens is 164 g/mol. The van der Waals surface area contributed by atoms with Crippen LogP contribution in [0.3, 0.4) is 0 Å². The van der Waals surface area contributed by atoms with Gasteiger partial charge >= 0.3 is 0 Å². The quantitative estimate of drug-likeness (QED) is 0.743. The molecule has 0 spiro atoms. The van der Waals surface area contributed by atoms with Crippen molar-refractivity contribution >= 4 is 17.7 Å². The first kappa shape index (κ1) is 8.37. The maximum Gasteiger partial charge on any atom is 0.193 e. The fourth-order valence-corrected chi connectivity index (χ4v) is 0.846. The molecule has 0 amide bonds. The lowest BCUT2D eigenvalue weighted by molar-refractivity contribution is 0.332. The Morgan fingerprint density at radius 1 is 1.73 bits per heavy atom. The van der Waals surface area contributed by atoms with Crippen LogP contribution in [0.25, 0.3) is 6.08 Å². The van der Waals surface area contributed by atoms with Gasteiger partial charge < -0.3 is 9.52 Å². The Morgan fingerprint density at radius 2 is 2.45 bits per heavy atom. The highest BCUT2D eigenvalue weighted by Crippen LogP contribution is 2.15. The maximum absolute atomic E-state index is 8.66. The molecular formula is C8H9ClO2. The van der Waals surface area contributed by atoms with Crippen molar-refractivity contribution in [3.05, 3.63) is 28.7 Å². The Bertz CT molecular complexity index is 263. The number of aliphatic hydroxyl groups excluding tert-OH is 1. The molecule has 0 aromatic carbocycles. The first-order valence-electron chi connectivity index (χ1n) is 3.26. The van der Waals surface area contributed by atoms with Crippen molar-refractivity contribution in [3.8, 4) is 0 Å². The predicted octanol–water partition coefficient (Wildman–Crippen LogP) is 2.33. The monoisotopic (exact) mass is 172 g/mol. The van der Waals surface area contributed by atoms with E-state index in [4.69, 9.17) is 21.1 Å². The van der Waals surface area contributed by atoms with E-state index in [1.807, 2.05) is 6.92 Å². The molecule has 0 aliphatic rings. The van der Waals surface area contributed by atoms with Gasteiger partial charge in [-0.25, -0.2) is 0 Å². The minimum Gasteiger partial charge on any atom is -0.445 e. The summed E-state index contributed by atoms with van der Waals surface area (Å²) >= 11 is 5.53. The fourth-order valence-electron chi connectivity index (χ4n) is 0.694. The molecule has 0 saturated heterocycles. The second-order valence-corrected chi connectivity index (χ2v) is 2.66. The van der Waals surface area contributed by atoms with Crippen molar-refractivity contribution in [1.82, 2.24) is 0 Å². The van der Waals surface area contributed by atoms with Crippen molar-refractivity contribution < 1.29 is 9.52 Å². The highest BCUT2D eigenvalue weighted by molar-refractivity contribution is 6.28. The molecule has 1 aromatic heterocycles. The van der Waals surface area contributed by atoms with Crippen LogP contribution in [-0.4, -0.2) is 11.7 Å². The summed E-state index contributed by atoms with van der Waals surface area (Å²) in [6.45, 7) is 1.86. The number of rotatable bonds is 2. The third kappa shape index (κ3) is 2.41. The average molecular weight is 173 g/mol. The van der Waals surface area contributed by atoms with Gasteiger partial charge in [0.05, 0.1) is 6.61 Å². The third-order valence-corrected chi connectivity index (χ3v) is 1.44. The van der Waals surface area contributed by atoms with Gasteiger partial charge in [-0.1, -0.05) is 0 Å². The topological polar surface area (TPSA) is 33.4 Å². The van der Waals surface area contributed by atoms with Crippen LogP contribution in [0.4, 0.5) is 0 Å². The minimum absolute atomic E-state index is 0.0400. The summed E-state index contributed by atoms with van der Waals surface area (Å²) in [4.78, 5) is 0. The van der Waals surface area contributed by atoms with Crippen LogP contribution < -0.4 is 0 Å². The maximum atomic E-state index is 8.66. The van der Waals surface area contributed by atoms with E-state index in [0.717, 1.165) is 5.57 Å². The summed E-state index contributed by atoms with van der Waals surface area (Å²) in [6, 6.07) is 3.42. The lowest BCUT2D eigenvalue weighted by Crippen LogP contribution is -1.81. The molecule has 1 rings (SSSR count). The summed E-state index contributed by atoms with van der Waals surface area (Å²) in [5.74, 6) is 0.668. The molecule has 0 unspecified atom stereocenters. The van der Waals surface area contributed by atoms with E-state index < -0.39 is 0 Å². The Labute approximate surface area is 70.1 Å². The first-order chi connectivity index (χ1) is 5.22. The smallest absolute Gasteiger partial charge is 0.193 e. The Balaban J connectivity index is 2.78. The normalized spacial score (nSPS) is 12.1. The Kier molecular flexibility index (Phi) is 2.74. The molecule has 0 fully saturated rings. The summed E-state index contributed by atoms with van der Waals surface area (Å²) < 4.78 is 5.03. The van der Waals surface area contributed by atoms with Crippen LogP contribution >= 0.6 is 11.6 Å². The average Bonchev–Trinajstić information content (AvgIpc) is 2.35. The van der Waals surface area contributed by atoms with Gasteiger partial charge in [0.15, 0.2) is 5.22 Å². The summed E-state index contributed by atoms with van der Waals surface area (Å²) in [6.07, 6.45) is 1.74. The lowest BCUT2D eigenvalue weighted by atomic mass is 10.3. The van der Waals surface area contributed by atoms with Gasteiger partial charge in [0, 0.05) is 0 Å². The number of hydrogen-bond donors (Lipinski definition) is 1. The number of aliphatic hydroxyl groups is 1. The van der Waals surface area contributed by atoms with E-state index in [2.05, 4.69) is 0 Å². The van der Waals surface area contributed by atoms with Crippen molar-refractivity contribution in [2.75, 3.05) is 6.61 Å². The highest BCUT2D eigenvalue weighted by Gasteiger charge is 1.95. The molecule has 2 nitrogen and oxygen atoms in total. The molecule has 11 heavy (non-hydrogen) atoms. The third-order valence-electron chi connectivity index (χ3n) is 1.23. The minimum atomic E-state index is 0.0400. The van der Waals surface area contributed by atoms with Gasteiger partial charge in [0.25, 0.3) is 0 Å². The molecule has 0 aliphatic carbocycles. The van der Waals surface area contributed by atoms with Crippen LogP contribution in [0.15, 0.2) is 22.1 Å². The Morgan fingerprint density at radius 3 is 2.91 bits per heavy atom. The van der Waals surface area contributed by atoms with Gasteiger partial charge in [-0.2, -0.15) is 0 Å². The summed E-state index contributed by atoms with van der Waals surface area (Å²) in [5.41, 5.74) is 0.844. The highest BCUT2D eigenvalue weighted by atomic mass is 35.5. The Hall–Kier alpha value is -0.730. The van der Waals surface area contributed by atoms with Crippen molar-refractivity contribution in [2.45, 2.75) is 6.92 Å². The first-order valence-corrected chi connectivity index (χ1v) is 3.63. The van der Waals surface area contributed by atoms with Gasteiger partial charge in [0.1, 0.15) is 5.76 Å². The van der Waals surface area contributed by atoms with Crippen LogP contribution in [0.5, 0.6) is 0 Å². The number of halogens is 1. The molecule has 60 valence electrons. The zero-order chi connectivity index (χ0) is 8.27. The van der Waals surface area contributed by atoms with Gasteiger partial charge in [-0.15, -0.1) is 0 Å². The van der Waals surface area contributed by atoms with E-state index in [0.29, 0.717) is 11.0 Å². The summed E-state index contributed by atoms with van der Waals surface area (Å²) in [5, 5.41) is 9.02. The van der Waals surface area contributed by atoms with Crippen molar-refractivity contribution in [3.63, 3.8) is 0 Å². The summed E-state index contributed by atoms with van der Waals surface area (Å²) in [7, 11) is 0. The second-order valence-electron chi connectivity index (χ2n) is 2.29. The number of furan rings is 1. The van der Waals surface area contributed by atoms with E-state index in [1.165, 1.54) is 0 Å². The fraction of sp³-hybridized carbons (Fsp3) is 0.250. The van der Waals surface area contributed by atoms with Gasteiger partial charge in [-0.3, -0.25) is 0 Å². The zero-order valence-electron chi connectivity index (χ0n) is 6.17. The van der Waals surface area contributed by atoms with E-state index in [-0.39, 0.29) is 6.61 Å². The molecule has 3 heteroatoms. The molecule has 0 aliphatic heterocycles. The van der Waals surface area contributed by atoms with E-state index >= 15 is 0 Å². The van der Waals surface area contributed by atoms with Crippen molar-refractivity contribution in [1.29, 1.82) is 0 Å². The second kappa shape index (κ2) is 3.60. The van der Waals surface area contributed by atoms with Crippen LogP contribution in [0.2, 0.25) is 5.22 Å². The van der Waals surface area contributed by atoms with Gasteiger partial charge in [-0.05, 0) is 42.3 Å².